The van der Waals surface area contributed by atoms with Crippen LogP contribution in [0.5, 0.6) is 0 Å². The van der Waals surface area contributed by atoms with Gasteiger partial charge >= 0.3 is 6.09 Å². The summed E-state index contributed by atoms with van der Waals surface area (Å²) in [6.45, 7) is 6.20. The van der Waals surface area contributed by atoms with Crippen molar-refractivity contribution in [2.24, 2.45) is 11.8 Å². The molecule has 1 aromatic carbocycles. The molecule has 1 amide bonds. The molecule has 7 heteroatoms. The van der Waals surface area contributed by atoms with Crippen molar-refractivity contribution in [1.29, 1.82) is 0 Å². The van der Waals surface area contributed by atoms with E-state index in [1.165, 1.54) is 4.90 Å². The Morgan fingerprint density at radius 2 is 2.00 bits per heavy atom. The number of carboxylic acid groups (broad SMARTS) is 1. The predicted molar refractivity (Wildman–Crippen MR) is 105 cm³/mol. The van der Waals surface area contributed by atoms with E-state index in [0.717, 1.165) is 18.5 Å². The summed E-state index contributed by atoms with van der Waals surface area (Å²) in [6, 6.07) is 8.85. The maximum absolute atomic E-state index is 12.3. The van der Waals surface area contributed by atoms with E-state index >= 15 is 0 Å². The second-order valence-electron chi connectivity index (χ2n) is 8.16. The molecule has 0 bridgehead atoms. The zero-order valence-corrected chi connectivity index (χ0v) is 16.7. The van der Waals surface area contributed by atoms with Crippen LogP contribution in [0.4, 0.5) is 4.79 Å². The molecule has 3 unspecified atom stereocenters. The monoisotopic (exact) mass is 392 g/mol. The molecule has 2 saturated heterocycles. The van der Waals surface area contributed by atoms with Gasteiger partial charge in [-0.05, 0) is 30.9 Å². The fourth-order valence-electron chi connectivity index (χ4n) is 4.19. The van der Waals surface area contributed by atoms with Crippen molar-refractivity contribution in [2.45, 2.75) is 51.2 Å². The van der Waals surface area contributed by atoms with Gasteiger partial charge in [-0.15, -0.1) is 0 Å². The highest BCUT2D eigenvalue weighted by molar-refractivity contribution is 5.66. The average Bonchev–Trinajstić information content (AvgIpc) is 3.26. The molecule has 3 N–H and O–H groups in total. The first-order chi connectivity index (χ1) is 13.5. The summed E-state index contributed by atoms with van der Waals surface area (Å²) in [5.74, 6) is 0.472. The molecule has 0 radical (unpaired) electrons. The Hall–Kier alpha value is -1.67. The number of nitrogens with zero attached hydrogens (tertiary/aromatic N) is 1. The van der Waals surface area contributed by atoms with Crippen molar-refractivity contribution in [3.8, 4) is 0 Å². The molecule has 0 aliphatic carbocycles. The third-order valence-electron chi connectivity index (χ3n) is 5.58. The van der Waals surface area contributed by atoms with Crippen molar-refractivity contribution in [3.63, 3.8) is 0 Å². The Labute approximate surface area is 166 Å². The molecule has 28 heavy (non-hydrogen) atoms. The summed E-state index contributed by atoms with van der Waals surface area (Å²) in [7, 11) is 0. The van der Waals surface area contributed by atoms with Crippen LogP contribution in [0.25, 0.3) is 0 Å². The largest absolute Gasteiger partial charge is 0.465 e. The number of aliphatic hydroxyl groups excluding tert-OH is 1. The molecule has 0 spiro atoms. The Kier molecular flexibility index (Phi) is 7.29. The van der Waals surface area contributed by atoms with Gasteiger partial charge in [0.2, 0.25) is 0 Å². The Balaban J connectivity index is 1.80. The number of hydrogen-bond acceptors (Lipinski definition) is 5. The van der Waals surface area contributed by atoms with Gasteiger partial charge in [-0.3, -0.25) is 4.90 Å². The number of carbonyl (C=O) groups is 1. The van der Waals surface area contributed by atoms with Crippen LogP contribution in [0.15, 0.2) is 30.3 Å². The van der Waals surface area contributed by atoms with E-state index < -0.39 is 18.2 Å². The molecule has 3 rings (SSSR count). The number of nitrogens with one attached hydrogen (secondary N) is 1. The maximum atomic E-state index is 12.3. The lowest BCUT2D eigenvalue weighted by Crippen LogP contribution is -2.57. The molecule has 0 saturated carbocycles. The number of fused-ring (bicyclic) bond motifs is 1. The first-order valence-corrected chi connectivity index (χ1v) is 10.1. The SMILES string of the molecule is CC(C)CNC[C@@H](O)[C@H](Cc1ccccc1)N(C(=O)O)C1COC2OCCC21. The van der Waals surface area contributed by atoms with Gasteiger partial charge in [-0.2, -0.15) is 0 Å². The molecular formula is C21H32N2O5. The second kappa shape index (κ2) is 9.69. The predicted octanol–water partition coefficient (Wildman–Crippen LogP) is 1.95. The highest BCUT2D eigenvalue weighted by atomic mass is 16.7. The van der Waals surface area contributed by atoms with Gasteiger partial charge in [0.1, 0.15) is 0 Å². The smallest absolute Gasteiger partial charge is 0.407 e. The minimum atomic E-state index is -1.02. The standard InChI is InChI=1S/C21H32N2O5/c1-14(2)11-22-12-19(24)17(10-15-6-4-3-5-7-15)23(21(25)26)18-13-28-20-16(18)8-9-27-20/h3-7,14,16-20,22,24H,8-13H2,1-2H3,(H,25,26)/t16?,17-,18?,19+,20?/m0/s1. The Morgan fingerprint density at radius 1 is 1.25 bits per heavy atom. The fourth-order valence-corrected chi connectivity index (χ4v) is 4.19. The quantitative estimate of drug-likeness (QED) is 0.595. The van der Waals surface area contributed by atoms with Crippen molar-refractivity contribution in [2.75, 3.05) is 26.3 Å². The lowest BCUT2D eigenvalue weighted by Gasteiger charge is -2.38. The Bertz CT molecular complexity index is 626. The van der Waals surface area contributed by atoms with E-state index in [1.807, 2.05) is 30.3 Å². The van der Waals surface area contributed by atoms with Gasteiger partial charge in [0.05, 0.1) is 31.4 Å². The highest BCUT2D eigenvalue weighted by Gasteiger charge is 2.48. The highest BCUT2D eigenvalue weighted by Crippen LogP contribution is 2.35. The summed E-state index contributed by atoms with van der Waals surface area (Å²) >= 11 is 0. The summed E-state index contributed by atoms with van der Waals surface area (Å²) in [4.78, 5) is 13.7. The molecule has 5 atom stereocenters. The minimum Gasteiger partial charge on any atom is -0.465 e. The number of benzene rings is 1. The number of ether oxygens (including phenoxy) is 2. The number of amides is 1. The molecule has 1 aromatic rings. The van der Waals surface area contributed by atoms with E-state index in [1.54, 1.807) is 0 Å². The molecule has 2 heterocycles. The van der Waals surface area contributed by atoms with Crippen LogP contribution in [0.2, 0.25) is 0 Å². The van der Waals surface area contributed by atoms with Crippen LogP contribution in [0.3, 0.4) is 0 Å². The van der Waals surface area contributed by atoms with Crippen LogP contribution in [-0.4, -0.2) is 72.0 Å². The third-order valence-corrected chi connectivity index (χ3v) is 5.58. The molecular weight excluding hydrogens is 360 g/mol. The number of aliphatic hydroxyl groups is 1. The summed E-state index contributed by atoms with van der Waals surface area (Å²) in [5.41, 5.74) is 1.000. The maximum Gasteiger partial charge on any atom is 0.407 e. The molecule has 0 aromatic heterocycles. The average molecular weight is 392 g/mol. The third kappa shape index (κ3) is 5.03. The summed E-state index contributed by atoms with van der Waals surface area (Å²) in [6.07, 6.45) is -0.951. The van der Waals surface area contributed by atoms with Crippen LogP contribution in [0, 0.1) is 11.8 Å². The fraction of sp³-hybridized carbons (Fsp3) is 0.667. The first kappa shape index (κ1) is 21.0. The minimum absolute atomic E-state index is 0.0187. The van der Waals surface area contributed by atoms with Gasteiger partial charge < -0.3 is 25.0 Å². The topological polar surface area (TPSA) is 91.3 Å². The molecule has 2 aliphatic rings. The van der Waals surface area contributed by atoms with Crippen LogP contribution in [0.1, 0.15) is 25.8 Å². The lowest BCUT2D eigenvalue weighted by molar-refractivity contribution is -0.0906. The van der Waals surface area contributed by atoms with Gasteiger partial charge in [0.15, 0.2) is 6.29 Å². The van der Waals surface area contributed by atoms with E-state index in [-0.39, 0.29) is 18.2 Å². The van der Waals surface area contributed by atoms with Crippen LogP contribution < -0.4 is 5.32 Å². The Morgan fingerprint density at radius 3 is 2.68 bits per heavy atom. The van der Waals surface area contributed by atoms with Crippen molar-refractivity contribution in [1.82, 2.24) is 10.2 Å². The van der Waals surface area contributed by atoms with E-state index in [9.17, 15) is 15.0 Å². The molecule has 2 fully saturated rings. The second-order valence-corrected chi connectivity index (χ2v) is 8.16. The molecule has 156 valence electrons. The summed E-state index contributed by atoms with van der Waals surface area (Å²) in [5, 5.41) is 24.3. The molecule has 7 nitrogen and oxygen atoms in total. The van der Waals surface area contributed by atoms with Gasteiger partial charge in [0, 0.05) is 12.5 Å². The van der Waals surface area contributed by atoms with Crippen LogP contribution >= 0.6 is 0 Å². The van der Waals surface area contributed by atoms with Crippen molar-refractivity contribution < 1.29 is 24.5 Å². The van der Waals surface area contributed by atoms with Gasteiger partial charge in [-0.1, -0.05) is 44.2 Å². The first-order valence-electron chi connectivity index (χ1n) is 10.1. The van der Waals surface area contributed by atoms with Gasteiger partial charge in [0.25, 0.3) is 0 Å². The van der Waals surface area contributed by atoms with E-state index in [2.05, 4.69) is 19.2 Å². The summed E-state index contributed by atoms with van der Waals surface area (Å²) < 4.78 is 11.3. The van der Waals surface area contributed by atoms with E-state index in [4.69, 9.17) is 9.47 Å². The zero-order valence-electron chi connectivity index (χ0n) is 16.7. The van der Waals surface area contributed by atoms with Gasteiger partial charge in [-0.25, -0.2) is 4.79 Å². The van der Waals surface area contributed by atoms with E-state index in [0.29, 0.717) is 32.1 Å². The molecule has 2 aliphatic heterocycles. The van der Waals surface area contributed by atoms with Crippen molar-refractivity contribution >= 4 is 6.09 Å². The van der Waals surface area contributed by atoms with Crippen molar-refractivity contribution in [3.05, 3.63) is 35.9 Å². The number of rotatable bonds is 9. The number of hydrogen-bond donors (Lipinski definition) is 3. The normalized spacial score (nSPS) is 26.2. The zero-order chi connectivity index (χ0) is 20.1. The van der Waals surface area contributed by atoms with Crippen LogP contribution in [-0.2, 0) is 15.9 Å². The lowest BCUT2D eigenvalue weighted by atomic mass is 9.93.